The molecule has 110 valence electrons. The maximum atomic E-state index is 13.5. The number of hydrogen-bond donors (Lipinski definition) is 1. The summed E-state index contributed by atoms with van der Waals surface area (Å²) in [7, 11) is 1.75. The minimum Gasteiger partial charge on any atom is -0.313 e. The van der Waals surface area contributed by atoms with Crippen molar-refractivity contribution in [1.29, 1.82) is 0 Å². The number of nitro groups is 1. The Kier molecular flexibility index (Phi) is 5.03. The Balaban J connectivity index is 2.33. The van der Waals surface area contributed by atoms with Crippen LogP contribution in [0.3, 0.4) is 0 Å². The van der Waals surface area contributed by atoms with Gasteiger partial charge in [-0.3, -0.25) is 10.1 Å². The summed E-state index contributed by atoms with van der Waals surface area (Å²) in [6, 6.07) is 11.0. The second-order valence-corrected chi connectivity index (χ2v) is 5.55. The number of halogens is 2. The van der Waals surface area contributed by atoms with Gasteiger partial charge in [-0.15, -0.1) is 0 Å². The number of nitrogens with zero attached hydrogens (tertiary/aromatic N) is 1. The third-order valence-electron chi connectivity index (χ3n) is 3.25. The minimum atomic E-state index is -0.399. The zero-order valence-electron chi connectivity index (χ0n) is 11.3. The molecule has 21 heavy (non-hydrogen) atoms. The molecule has 0 heterocycles. The number of hydrogen-bond acceptors (Lipinski definition) is 3. The molecule has 1 N–H and O–H groups in total. The Bertz CT molecular complexity index is 644. The molecule has 0 aliphatic rings. The van der Waals surface area contributed by atoms with Gasteiger partial charge in [-0.2, -0.15) is 0 Å². The van der Waals surface area contributed by atoms with Crippen molar-refractivity contribution >= 4 is 21.6 Å². The van der Waals surface area contributed by atoms with Crippen molar-refractivity contribution in [3.63, 3.8) is 0 Å². The number of likely N-dealkylation sites (N-methyl/N-ethyl adjacent to an activating group) is 1. The lowest BCUT2D eigenvalue weighted by atomic mass is 9.98. The number of para-hydroxylation sites is 1. The van der Waals surface area contributed by atoms with Crippen LogP contribution in [-0.4, -0.2) is 12.0 Å². The van der Waals surface area contributed by atoms with Crippen LogP contribution in [0.15, 0.2) is 46.9 Å². The van der Waals surface area contributed by atoms with E-state index in [2.05, 4.69) is 21.2 Å². The molecule has 6 heteroatoms. The Morgan fingerprint density at radius 2 is 2.05 bits per heavy atom. The highest BCUT2D eigenvalue weighted by Crippen LogP contribution is 2.27. The first-order chi connectivity index (χ1) is 10.0. The molecular formula is C15H14BrFN2O2. The first kappa shape index (κ1) is 15.6. The van der Waals surface area contributed by atoms with E-state index in [1.165, 1.54) is 18.2 Å². The maximum absolute atomic E-state index is 13.5. The van der Waals surface area contributed by atoms with E-state index in [0.29, 0.717) is 16.5 Å². The Hall–Kier alpha value is -1.79. The third-order valence-corrected chi connectivity index (χ3v) is 3.71. The van der Waals surface area contributed by atoms with Crippen molar-refractivity contribution in [2.45, 2.75) is 12.5 Å². The number of nitro benzene ring substituents is 1. The van der Waals surface area contributed by atoms with Gasteiger partial charge in [0, 0.05) is 22.1 Å². The van der Waals surface area contributed by atoms with Gasteiger partial charge in [-0.1, -0.05) is 34.1 Å². The molecule has 0 aliphatic carbocycles. The molecule has 0 amide bonds. The van der Waals surface area contributed by atoms with Gasteiger partial charge in [0.2, 0.25) is 0 Å². The predicted octanol–water partition coefficient (Wildman–Crippen LogP) is 4.00. The fraction of sp³-hybridized carbons (Fsp3) is 0.200. The molecule has 0 saturated heterocycles. The lowest BCUT2D eigenvalue weighted by Gasteiger charge is -2.17. The molecule has 0 spiro atoms. The third kappa shape index (κ3) is 3.86. The van der Waals surface area contributed by atoms with Gasteiger partial charge in [0.25, 0.3) is 5.69 Å². The van der Waals surface area contributed by atoms with E-state index in [1.54, 1.807) is 31.3 Å². The highest BCUT2D eigenvalue weighted by atomic mass is 79.9. The van der Waals surface area contributed by atoms with Gasteiger partial charge in [0.05, 0.1) is 4.92 Å². The maximum Gasteiger partial charge on any atom is 0.272 e. The van der Waals surface area contributed by atoms with Gasteiger partial charge in [0.1, 0.15) is 5.82 Å². The van der Waals surface area contributed by atoms with Crippen LogP contribution < -0.4 is 5.32 Å². The van der Waals surface area contributed by atoms with Gasteiger partial charge in [-0.25, -0.2) is 4.39 Å². The molecule has 4 nitrogen and oxygen atoms in total. The average molecular weight is 353 g/mol. The van der Waals surface area contributed by atoms with Crippen molar-refractivity contribution in [3.8, 4) is 0 Å². The van der Waals surface area contributed by atoms with Crippen molar-refractivity contribution in [3.05, 3.63) is 74.0 Å². The van der Waals surface area contributed by atoms with Crippen LogP contribution in [0, 0.1) is 15.9 Å². The summed E-state index contributed by atoms with van der Waals surface area (Å²) < 4.78 is 14.1. The molecule has 2 rings (SSSR count). The molecule has 0 aliphatic heterocycles. The molecule has 0 saturated carbocycles. The van der Waals surface area contributed by atoms with E-state index < -0.39 is 4.92 Å². The first-order valence-corrected chi connectivity index (χ1v) is 7.16. The fourth-order valence-corrected chi connectivity index (χ4v) is 2.73. The summed E-state index contributed by atoms with van der Waals surface area (Å²) in [6.07, 6.45) is 0.406. The van der Waals surface area contributed by atoms with Gasteiger partial charge in [0.15, 0.2) is 0 Å². The zero-order valence-corrected chi connectivity index (χ0v) is 12.9. The van der Waals surface area contributed by atoms with Crippen LogP contribution in [0.2, 0.25) is 0 Å². The molecule has 1 atom stereocenters. The molecule has 0 aromatic heterocycles. The summed E-state index contributed by atoms with van der Waals surface area (Å²) in [5.74, 6) is -0.345. The van der Waals surface area contributed by atoms with Crippen LogP contribution >= 0.6 is 15.9 Å². The molecule has 2 aromatic rings. The van der Waals surface area contributed by atoms with Crippen LogP contribution in [0.1, 0.15) is 17.2 Å². The van der Waals surface area contributed by atoms with Crippen molar-refractivity contribution in [2.75, 3.05) is 7.05 Å². The summed E-state index contributed by atoms with van der Waals surface area (Å²) >= 11 is 3.26. The van der Waals surface area contributed by atoms with E-state index in [4.69, 9.17) is 0 Å². The van der Waals surface area contributed by atoms with Crippen LogP contribution in [0.4, 0.5) is 10.1 Å². The van der Waals surface area contributed by atoms with Gasteiger partial charge >= 0.3 is 0 Å². The Morgan fingerprint density at radius 1 is 1.33 bits per heavy atom. The highest BCUT2D eigenvalue weighted by Gasteiger charge is 2.18. The van der Waals surface area contributed by atoms with Crippen molar-refractivity contribution < 1.29 is 9.31 Å². The SMILES string of the molecule is CNC(Cc1ccccc1[N+](=O)[O-])c1cc(F)cc(Br)c1. The molecule has 0 radical (unpaired) electrons. The molecule has 0 bridgehead atoms. The van der Waals surface area contributed by atoms with Crippen molar-refractivity contribution in [2.24, 2.45) is 0 Å². The smallest absolute Gasteiger partial charge is 0.272 e. The fourth-order valence-electron chi connectivity index (χ4n) is 2.24. The van der Waals surface area contributed by atoms with E-state index in [1.807, 2.05) is 0 Å². The molecule has 0 fully saturated rings. The average Bonchev–Trinajstić information content (AvgIpc) is 2.43. The number of nitrogens with one attached hydrogen (secondary N) is 1. The standard InChI is InChI=1S/C15H14BrFN2O2/c1-18-14(11-6-12(16)9-13(17)7-11)8-10-4-2-3-5-15(10)19(20)21/h2-7,9,14,18H,8H2,1H3. The predicted molar refractivity (Wildman–Crippen MR) is 82.7 cm³/mol. The topological polar surface area (TPSA) is 55.2 Å². The largest absolute Gasteiger partial charge is 0.313 e. The van der Waals surface area contributed by atoms with E-state index in [9.17, 15) is 14.5 Å². The Labute approximate surface area is 130 Å². The summed E-state index contributed by atoms with van der Waals surface area (Å²) in [5, 5.41) is 14.1. The van der Waals surface area contributed by atoms with Crippen LogP contribution in [0.5, 0.6) is 0 Å². The normalized spacial score (nSPS) is 12.1. The van der Waals surface area contributed by atoms with Gasteiger partial charge < -0.3 is 5.32 Å². The van der Waals surface area contributed by atoms with Crippen LogP contribution in [0.25, 0.3) is 0 Å². The molecule has 1 unspecified atom stereocenters. The lowest BCUT2D eigenvalue weighted by molar-refractivity contribution is -0.385. The quantitative estimate of drug-likeness (QED) is 0.653. The minimum absolute atomic E-state index is 0.0771. The second-order valence-electron chi connectivity index (χ2n) is 4.63. The first-order valence-electron chi connectivity index (χ1n) is 6.37. The Morgan fingerprint density at radius 3 is 2.67 bits per heavy atom. The summed E-state index contributed by atoms with van der Waals surface area (Å²) in [5.41, 5.74) is 1.43. The zero-order chi connectivity index (χ0) is 15.4. The molecule has 2 aromatic carbocycles. The van der Waals surface area contributed by atoms with Crippen LogP contribution in [-0.2, 0) is 6.42 Å². The highest BCUT2D eigenvalue weighted by molar-refractivity contribution is 9.10. The number of rotatable bonds is 5. The number of benzene rings is 2. The monoisotopic (exact) mass is 352 g/mol. The van der Waals surface area contributed by atoms with E-state index in [0.717, 1.165) is 5.56 Å². The van der Waals surface area contributed by atoms with E-state index >= 15 is 0 Å². The molecular weight excluding hydrogens is 339 g/mol. The van der Waals surface area contributed by atoms with Gasteiger partial charge in [-0.05, 0) is 37.2 Å². The van der Waals surface area contributed by atoms with Crippen molar-refractivity contribution in [1.82, 2.24) is 5.32 Å². The summed E-state index contributed by atoms with van der Waals surface area (Å²) in [6.45, 7) is 0. The van der Waals surface area contributed by atoms with E-state index in [-0.39, 0.29) is 17.5 Å². The lowest BCUT2D eigenvalue weighted by Crippen LogP contribution is -2.19. The summed E-state index contributed by atoms with van der Waals surface area (Å²) in [4.78, 5) is 10.7. The second kappa shape index (κ2) is 6.78.